The average Bonchev–Trinajstić information content (AvgIpc) is 2.28. The van der Waals surface area contributed by atoms with E-state index in [4.69, 9.17) is 5.73 Å². The molecule has 1 heterocycles. The molecule has 0 atom stereocenters. The molecule has 0 aromatic carbocycles. The summed E-state index contributed by atoms with van der Waals surface area (Å²) >= 11 is 0. The Balaban J connectivity index is 2.74. The summed E-state index contributed by atoms with van der Waals surface area (Å²) in [5.74, 6) is -0.388. The number of aromatic nitrogens is 2. The summed E-state index contributed by atoms with van der Waals surface area (Å²) in [6, 6.07) is 0. The van der Waals surface area contributed by atoms with Crippen LogP contribution in [0.4, 0.5) is 17.3 Å². The molecule has 0 bridgehead atoms. The molecule has 0 aliphatic heterocycles. The molecule has 4 N–H and O–H groups in total. The van der Waals surface area contributed by atoms with Crippen molar-refractivity contribution in [2.45, 2.75) is 6.42 Å². The van der Waals surface area contributed by atoms with Gasteiger partial charge in [-0.15, -0.1) is 0 Å². The maximum Gasteiger partial charge on any atom is 0.352 e. The molecule has 1 rings (SSSR count). The number of anilines is 2. The molecule has 1 aromatic rings. The number of carbonyl (C=O) groups is 1. The van der Waals surface area contributed by atoms with E-state index < -0.39 is 4.92 Å². The molecule has 0 spiro atoms. The van der Waals surface area contributed by atoms with Gasteiger partial charge in [-0.3, -0.25) is 14.9 Å². The zero-order valence-electron chi connectivity index (χ0n) is 9.14. The van der Waals surface area contributed by atoms with E-state index in [9.17, 15) is 14.9 Å². The van der Waals surface area contributed by atoms with Crippen LogP contribution in [0.15, 0.2) is 6.33 Å². The van der Waals surface area contributed by atoms with Crippen LogP contribution in [0.3, 0.4) is 0 Å². The number of hydrogen-bond acceptors (Lipinski definition) is 7. The van der Waals surface area contributed by atoms with Crippen molar-refractivity contribution in [3.63, 3.8) is 0 Å². The first-order valence-corrected chi connectivity index (χ1v) is 4.75. The topological polar surface area (TPSA) is 136 Å². The molecule has 0 saturated carbocycles. The van der Waals surface area contributed by atoms with Crippen molar-refractivity contribution in [1.82, 2.24) is 15.3 Å². The van der Waals surface area contributed by atoms with Crippen LogP contribution in [0.5, 0.6) is 0 Å². The molecule has 0 fully saturated rings. The molecule has 0 saturated heterocycles. The van der Waals surface area contributed by atoms with Gasteiger partial charge >= 0.3 is 5.69 Å². The Hall–Kier alpha value is -2.45. The van der Waals surface area contributed by atoms with Crippen LogP contribution >= 0.6 is 0 Å². The predicted octanol–water partition coefficient (Wildman–Crippen LogP) is -0.485. The van der Waals surface area contributed by atoms with Gasteiger partial charge in [-0.2, -0.15) is 0 Å². The molecular weight excluding hydrogens is 228 g/mol. The highest BCUT2D eigenvalue weighted by Gasteiger charge is 2.20. The minimum absolute atomic E-state index is 0.00593. The lowest BCUT2D eigenvalue weighted by Gasteiger charge is -2.05. The second-order valence-electron chi connectivity index (χ2n) is 3.06. The minimum Gasteiger partial charge on any atom is -0.378 e. The number of nitrogens with one attached hydrogen (secondary N) is 2. The third kappa shape index (κ3) is 3.26. The molecule has 9 nitrogen and oxygen atoms in total. The zero-order valence-corrected chi connectivity index (χ0v) is 9.14. The Morgan fingerprint density at radius 1 is 1.59 bits per heavy atom. The number of nitrogen functional groups attached to an aromatic ring is 1. The molecule has 0 aliphatic carbocycles. The van der Waals surface area contributed by atoms with Crippen LogP contribution in [0, 0.1) is 10.1 Å². The van der Waals surface area contributed by atoms with Crippen molar-refractivity contribution in [2.24, 2.45) is 0 Å². The van der Waals surface area contributed by atoms with E-state index in [1.54, 1.807) is 0 Å². The highest BCUT2D eigenvalue weighted by atomic mass is 16.6. The number of amides is 1. The van der Waals surface area contributed by atoms with E-state index in [0.717, 1.165) is 6.33 Å². The molecule has 0 radical (unpaired) electrons. The second kappa shape index (κ2) is 5.58. The Labute approximate surface area is 96.6 Å². The van der Waals surface area contributed by atoms with Gasteiger partial charge in [0.05, 0.1) is 4.92 Å². The molecule has 92 valence electrons. The number of nitrogens with zero attached hydrogens (tertiary/aromatic N) is 3. The second-order valence-corrected chi connectivity index (χ2v) is 3.06. The fourth-order valence-electron chi connectivity index (χ4n) is 1.12. The first-order valence-electron chi connectivity index (χ1n) is 4.75. The van der Waals surface area contributed by atoms with Crippen LogP contribution < -0.4 is 16.4 Å². The summed E-state index contributed by atoms with van der Waals surface area (Å²) in [6.07, 6.45) is 1.29. The molecule has 1 aromatic heterocycles. The van der Waals surface area contributed by atoms with Crippen molar-refractivity contribution in [2.75, 3.05) is 24.6 Å². The highest BCUT2D eigenvalue weighted by molar-refractivity contribution is 5.76. The van der Waals surface area contributed by atoms with Gasteiger partial charge in [0, 0.05) is 20.0 Å². The van der Waals surface area contributed by atoms with Crippen molar-refractivity contribution >= 4 is 23.2 Å². The molecule has 17 heavy (non-hydrogen) atoms. The van der Waals surface area contributed by atoms with Crippen LogP contribution in [-0.4, -0.2) is 34.4 Å². The van der Waals surface area contributed by atoms with Crippen LogP contribution in [-0.2, 0) is 4.79 Å². The van der Waals surface area contributed by atoms with E-state index in [2.05, 4.69) is 20.6 Å². The van der Waals surface area contributed by atoms with E-state index in [1.165, 1.54) is 7.05 Å². The number of carbonyl (C=O) groups excluding carboxylic acids is 1. The lowest BCUT2D eigenvalue weighted by atomic mass is 10.3. The number of hydrogen-bond donors (Lipinski definition) is 3. The maximum absolute atomic E-state index is 10.9. The monoisotopic (exact) mass is 240 g/mol. The van der Waals surface area contributed by atoms with Gasteiger partial charge in [0.15, 0.2) is 0 Å². The van der Waals surface area contributed by atoms with Gasteiger partial charge in [0.2, 0.25) is 17.5 Å². The van der Waals surface area contributed by atoms with Gasteiger partial charge in [0.25, 0.3) is 0 Å². The normalized spacial score (nSPS) is 9.71. The van der Waals surface area contributed by atoms with Gasteiger partial charge in [0.1, 0.15) is 6.33 Å². The summed E-state index contributed by atoms with van der Waals surface area (Å²) in [4.78, 5) is 28.2. The SMILES string of the molecule is CNC(=O)CCNc1ncnc(N)c1[N+](=O)[O-]. The Kier molecular flexibility index (Phi) is 4.14. The van der Waals surface area contributed by atoms with Crippen LogP contribution in [0.1, 0.15) is 6.42 Å². The molecule has 0 aliphatic rings. The summed E-state index contributed by atoms with van der Waals surface area (Å²) in [6.45, 7) is 0.219. The summed E-state index contributed by atoms with van der Waals surface area (Å²) in [7, 11) is 1.51. The fourth-order valence-corrected chi connectivity index (χ4v) is 1.12. The van der Waals surface area contributed by atoms with E-state index in [0.29, 0.717) is 0 Å². The van der Waals surface area contributed by atoms with Crippen LogP contribution in [0.2, 0.25) is 0 Å². The standard InChI is InChI=1S/C8H12N6O3/c1-10-5(15)2-3-11-8-6(14(16)17)7(9)12-4-13-8/h4H,2-3H2,1H3,(H,10,15)(H3,9,11,12,13). The van der Waals surface area contributed by atoms with Gasteiger partial charge in [-0.25, -0.2) is 9.97 Å². The number of rotatable bonds is 5. The number of nitrogens with two attached hydrogens (primary N) is 1. The first kappa shape index (κ1) is 12.6. The van der Waals surface area contributed by atoms with E-state index in [1.807, 2.05) is 0 Å². The number of nitro groups is 1. The lowest BCUT2D eigenvalue weighted by Crippen LogP contribution is -2.21. The van der Waals surface area contributed by atoms with Crippen molar-refractivity contribution in [3.05, 3.63) is 16.4 Å². The zero-order chi connectivity index (χ0) is 12.8. The smallest absolute Gasteiger partial charge is 0.352 e. The molecular formula is C8H12N6O3. The van der Waals surface area contributed by atoms with Crippen molar-refractivity contribution < 1.29 is 9.72 Å². The molecule has 9 heteroatoms. The third-order valence-corrected chi connectivity index (χ3v) is 1.96. The maximum atomic E-state index is 10.9. The molecule has 0 unspecified atom stereocenters. The first-order chi connectivity index (χ1) is 8.06. The molecule has 1 amide bonds. The quantitative estimate of drug-likeness (QED) is 0.466. The van der Waals surface area contributed by atoms with Crippen molar-refractivity contribution in [1.29, 1.82) is 0 Å². The van der Waals surface area contributed by atoms with Crippen LogP contribution in [0.25, 0.3) is 0 Å². The highest BCUT2D eigenvalue weighted by Crippen LogP contribution is 2.25. The minimum atomic E-state index is -0.669. The fraction of sp³-hybridized carbons (Fsp3) is 0.375. The summed E-state index contributed by atoms with van der Waals surface area (Å²) in [5.41, 5.74) is 4.98. The van der Waals surface area contributed by atoms with Gasteiger partial charge in [-0.05, 0) is 0 Å². The van der Waals surface area contributed by atoms with E-state index >= 15 is 0 Å². The Bertz CT molecular complexity index is 435. The summed E-state index contributed by atoms with van der Waals surface area (Å²) in [5, 5.41) is 15.8. The van der Waals surface area contributed by atoms with Gasteiger partial charge < -0.3 is 16.4 Å². The van der Waals surface area contributed by atoms with Gasteiger partial charge in [-0.1, -0.05) is 0 Å². The summed E-state index contributed by atoms with van der Waals surface area (Å²) < 4.78 is 0. The van der Waals surface area contributed by atoms with Crippen molar-refractivity contribution in [3.8, 4) is 0 Å². The lowest BCUT2D eigenvalue weighted by molar-refractivity contribution is -0.383. The Morgan fingerprint density at radius 3 is 2.88 bits per heavy atom. The predicted molar refractivity (Wildman–Crippen MR) is 60.3 cm³/mol. The van der Waals surface area contributed by atoms with E-state index in [-0.39, 0.29) is 36.2 Å². The largest absolute Gasteiger partial charge is 0.378 e. The average molecular weight is 240 g/mol. The third-order valence-electron chi connectivity index (χ3n) is 1.96. The Morgan fingerprint density at radius 2 is 2.29 bits per heavy atom.